The van der Waals surface area contributed by atoms with Gasteiger partial charge in [0.25, 0.3) is 0 Å². The average molecular weight is 416 g/mol. The first-order valence-electron chi connectivity index (χ1n) is 7.13. The van der Waals surface area contributed by atoms with E-state index in [0.29, 0.717) is 6.01 Å². The molecule has 0 unspecified atom stereocenters. The molecule has 1 aromatic carbocycles. The molecule has 13 heteroatoms. The molecule has 7 nitrogen and oxygen atoms in total. The highest BCUT2D eigenvalue weighted by atomic mass is 19.4. The number of aromatic nitrogens is 2. The lowest BCUT2D eigenvalue weighted by Crippen LogP contribution is -2.21. The average Bonchev–Trinajstić information content (AvgIpc) is 2.53. The normalized spacial score (nSPS) is 11.0. The van der Waals surface area contributed by atoms with Crippen molar-refractivity contribution in [1.29, 1.82) is 0 Å². The molecule has 2 aromatic rings. The Morgan fingerprint density at radius 3 is 1.79 bits per heavy atom. The zero-order valence-electron chi connectivity index (χ0n) is 14.2. The fourth-order valence-corrected chi connectivity index (χ4v) is 1.22. The summed E-state index contributed by atoms with van der Waals surface area (Å²) in [5, 5.41) is 15.3. The van der Waals surface area contributed by atoms with E-state index in [9.17, 15) is 26.3 Å². The van der Waals surface area contributed by atoms with E-state index in [4.69, 9.17) is 24.5 Å². The van der Waals surface area contributed by atoms with Gasteiger partial charge in [0.2, 0.25) is 0 Å². The van der Waals surface area contributed by atoms with Crippen LogP contribution in [0.1, 0.15) is 13.8 Å². The van der Waals surface area contributed by atoms with Gasteiger partial charge in [-0.05, 0) is 19.9 Å². The zero-order chi connectivity index (χ0) is 22.1. The number of carboxylic acids is 2. The van der Waals surface area contributed by atoms with Crippen LogP contribution in [0.2, 0.25) is 0 Å². The molecule has 0 saturated carbocycles. The number of halogens is 6. The quantitative estimate of drug-likeness (QED) is 0.719. The molecule has 1 heterocycles. The summed E-state index contributed by atoms with van der Waals surface area (Å²) >= 11 is 0. The van der Waals surface area contributed by atoms with Crippen molar-refractivity contribution in [2.75, 3.05) is 0 Å². The number of carbonyl (C=O) groups is 2. The summed E-state index contributed by atoms with van der Waals surface area (Å²) in [4.78, 5) is 26.2. The van der Waals surface area contributed by atoms with E-state index < -0.39 is 24.3 Å². The van der Waals surface area contributed by atoms with Crippen molar-refractivity contribution >= 4 is 22.8 Å². The van der Waals surface area contributed by atoms with Gasteiger partial charge < -0.3 is 14.9 Å². The molecule has 0 aliphatic heterocycles. The van der Waals surface area contributed by atoms with E-state index in [-0.39, 0.29) is 6.10 Å². The van der Waals surface area contributed by atoms with Gasteiger partial charge in [-0.3, -0.25) is 0 Å². The van der Waals surface area contributed by atoms with Crippen LogP contribution >= 0.6 is 0 Å². The predicted molar refractivity (Wildman–Crippen MR) is 82.7 cm³/mol. The maximum atomic E-state index is 10.6. The number of hydrogen-bond acceptors (Lipinski definition) is 5. The largest absolute Gasteiger partial charge is 0.490 e. The molecule has 28 heavy (non-hydrogen) atoms. The van der Waals surface area contributed by atoms with Crippen LogP contribution in [0.3, 0.4) is 0 Å². The number of para-hydroxylation sites is 1. The second-order valence-corrected chi connectivity index (χ2v) is 4.98. The Bertz CT molecular complexity index is 768. The maximum absolute atomic E-state index is 10.6. The van der Waals surface area contributed by atoms with Crippen molar-refractivity contribution in [1.82, 2.24) is 9.97 Å². The summed E-state index contributed by atoms with van der Waals surface area (Å²) in [6, 6.07) is 8.29. The Kier molecular flexibility index (Phi) is 9.13. The van der Waals surface area contributed by atoms with Crippen molar-refractivity contribution < 1.29 is 50.9 Å². The number of aliphatic carboxylic acids is 2. The Balaban J connectivity index is 0.000000444. The van der Waals surface area contributed by atoms with Gasteiger partial charge in [-0.1, -0.05) is 18.2 Å². The Morgan fingerprint density at radius 1 is 0.964 bits per heavy atom. The number of rotatable bonds is 2. The lowest BCUT2D eigenvalue weighted by Gasteiger charge is -2.07. The summed E-state index contributed by atoms with van der Waals surface area (Å²) < 4.78 is 68.9. The van der Waals surface area contributed by atoms with E-state index in [1.807, 2.05) is 38.1 Å². The van der Waals surface area contributed by atoms with E-state index in [2.05, 4.69) is 9.97 Å². The van der Waals surface area contributed by atoms with Crippen LogP contribution in [0.5, 0.6) is 6.01 Å². The minimum absolute atomic E-state index is 0.108. The molecule has 0 fully saturated rings. The van der Waals surface area contributed by atoms with Gasteiger partial charge in [-0.2, -0.15) is 31.3 Å². The fraction of sp³-hybridized carbons (Fsp3) is 0.333. The summed E-state index contributed by atoms with van der Waals surface area (Å²) in [6.07, 6.45) is -8.28. The van der Waals surface area contributed by atoms with E-state index >= 15 is 0 Å². The third-order valence-electron chi connectivity index (χ3n) is 2.29. The lowest BCUT2D eigenvalue weighted by molar-refractivity contribution is -0.193. The van der Waals surface area contributed by atoms with Crippen LogP contribution in [0.4, 0.5) is 26.3 Å². The van der Waals surface area contributed by atoms with Crippen molar-refractivity contribution in [2.45, 2.75) is 32.3 Å². The molecule has 2 rings (SSSR count). The van der Waals surface area contributed by atoms with Crippen molar-refractivity contribution in [3.8, 4) is 6.01 Å². The van der Waals surface area contributed by atoms with Crippen molar-refractivity contribution in [2.24, 2.45) is 0 Å². The summed E-state index contributed by atoms with van der Waals surface area (Å²) in [5.41, 5.74) is 0.915. The highest BCUT2D eigenvalue weighted by Crippen LogP contribution is 2.14. The second-order valence-electron chi connectivity index (χ2n) is 4.98. The molecule has 0 amide bonds. The first-order valence-corrected chi connectivity index (χ1v) is 7.13. The molecular formula is C15H14F6N2O5. The summed E-state index contributed by atoms with van der Waals surface area (Å²) in [5.74, 6) is -5.51. The van der Waals surface area contributed by atoms with Gasteiger partial charge in [0, 0.05) is 11.6 Å². The molecular weight excluding hydrogens is 402 g/mol. The molecule has 0 radical (unpaired) electrons. The maximum Gasteiger partial charge on any atom is 0.490 e. The van der Waals surface area contributed by atoms with Gasteiger partial charge in [0.15, 0.2) is 0 Å². The first kappa shape index (κ1) is 24.9. The zero-order valence-corrected chi connectivity index (χ0v) is 14.2. The minimum Gasteiger partial charge on any atom is -0.475 e. The van der Waals surface area contributed by atoms with Crippen LogP contribution in [-0.2, 0) is 9.59 Å². The number of ether oxygens (including phenoxy) is 1. The van der Waals surface area contributed by atoms with E-state index in [1.54, 1.807) is 6.20 Å². The standard InChI is InChI=1S/C11H12N2O.2C2HF3O2/c1-8(2)14-11-12-7-9-5-3-4-6-10(9)13-11;2*3-2(4,5)1(6)7/h3-8H,1-2H3;2*(H,6,7). The molecule has 0 bridgehead atoms. The van der Waals surface area contributed by atoms with Crippen LogP contribution in [0.25, 0.3) is 10.9 Å². The number of fused-ring (bicyclic) bond motifs is 1. The van der Waals surface area contributed by atoms with Crippen LogP contribution in [0.15, 0.2) is 30.5 Å². The van der Waals surface area contributed by atoms with Gasteiger partial charge in [-0.25, -0.2) is 14.6 Å². The van der Waals surface area contributed by atoms with Gasteiger partial charge in [0.1, 0.15) is 0 Å². The summed E-state index contributed by atoms with van der Waals surface area (Å²) in [7, 11) is 0. The number of carboxylic acid groups (broad SMARTS) is 2. The van der Waals surface area contributed by atoms with Gasteiger partial charge in [0.05, 0.1) is 11.6 Å². The fourth-order valence-electron chi connectivity index (χ4n) is 1.22. The number of benzene rings is 1. The lowest BCUT2D eigenvalue weighted by atomic mass is 10.2. The third kappa shape index (κ3) is 10.1. The number of nitrogens with zero attached hydrogens (tertiary/aromatic N) is 2. The van der Waals surface area contributed by atoms with Crippen LogP contribution in [-0.4, -0.2) is 50.6 Å². The van der Waals surface area contributed by atoms with Crippen LogP contribution < -0.4 is 4.74 Å². The molecule has 0 aliphatic carbocycles. The Hall–Kier alpha value is -3.12. The highest BCUT2D eigenvalue weighted by molar-refractivity contribution is 5.77. The molecule has 0 spiro atoms. The Labute approximate surface area is 153 Å². The van der Waals surface area contributed by atoms with E-state index in [1.165, 1.54) is 0 Å². The molecule has 0 saturated heterocycles. The topological polar surface area (TPSA) is 110 Å². The predicted octanol–water partition coefficient (Wildman–Crippen LogP) is 3.68. The molecule has 2 N–H and O–H groups in total. The minimum atomic E-state index is -5.08. The number of hydrogen-bond donors (Lipinski definition) is 2. The molecule has 156 valence electrons. The second kappa shape index (κ2) is 10.3. The Morgan fingerprint density at radius 2 is 1.39 bits per heavy atom. The summed E-state index contributed by atoms with van der Waals surface area (Å²) in [6.45, 7) is 3.91. The van der Waals surface area contributed by atoms with Gasteiger partial charge >= 0.3 is 30.3 Å². The SMILES string of the molecule is CC(C)Oc1ncc2ccccc2n1.O=C(O)C(F)(F)F.O=C(O)C(F)(F)F. The first-order chi connectivity index (χ1) is 12.6. The third-order valence-corrected chi connectivity index (χ3v) is 2.29. The molecule has 0 aliphatic rings. The highest BCUT2D eigenvalue weighted by Gasteiger charge is 2.38. The monoisotopic (exact) mass is 416 g/mol. The van der Waals surface area contributed by atoms with E-state index in [0.717, 1.165) is 10.9 Å². The smallest absolute Gasteiger partial charge is 0.475 e. The van der Waals surface area contributed by atoms with Gasteiger partial charge in [-0.15, -0.1) is 0 Å². The van der Waals surface area contributed by atoms with Crippen molar-refractivity contribution in [3.63, 3.8) is 0 Å². The number of alkyl halides is 6. The van der Waals surface area contributed by atoms with Crippen molar-refractivity contribution in [3.05, 3.63) is 30.5 Å². The van der Waals surface area contributed by atoms with Crippen LogP contribution in [0, 0.1) is 0 Å². The molecule has 1 aromatic heterocycles. The molecule has 0 atom stereocenters.